The van der Waals surface area contributed by atoms with Gasteiger partial charge in [0.2, 0.25) is 0 Å². The number of benzene rings is 1. The summed E-state index contributed by atoms with van der Waals surface area (Å²) in [6.45, 7) is 0. The third-order valence-electron chi connectivity index (χ3n) is 1.87. The molecule has 0 unspecified atom stereocenters. The summed E-state index contributed by atoms with van der Waals surface area (Å²) in [5.74, 6) is 0.0715. The molecule has 0 saturated heterocycles. The molecule has 0 aliphatic rings. The summed E-state index contributed by atoms with van der Waals surface area (Å²) in [5, 5.41) is 9.54. The van der Waals surface area contributed by atoms with Crippen molar-refractivity contribution in [3.63, 3.8) is 0 Å². The van der Waals surface area contributed by atoms with E-state index in [-0.39, 0.29) is 10.8 Å². The SMILES string of the molecule is O=C(O)Oc1c(Cl)ccc2cccnc12. The fourth-order valence-corrected chi connectivity index (χ4v) is 1.47. The Kier molecular flexibility index (Phi) is 2.43. The van der Waals surface area contributed by atoms with E-state index in [1.165, 1.54) is 0 Å². The molecule has 0 aliphatic carbocycles. The van der Waals surface area contributed by atoms with Crippen molar-refractivity contribution >= 4 is 28.7 Å². The van der Waals surface area contributed by atoms with Gasteiger partial charge in [0.05, 0.1) is 5.02 Å². The molecule has 1 aromatic carbocycles. The Hall–Kier alpha value is -1.81. The van der Waals surface area contributed by atoms with Crippen molar-refractivity contribution in [2.45, 2.75) is 0 Å². The molecular weight excluding hydrogens is 218 g/mol. The molecule has 0 radical (unpaired) electrons. The first-order valence-electron chi connectivity index (χ1n) is 4.12. The lowest BCUT2D eigenvalue weighted by atomic mass is 10.2. The molecule has 4 nitrogen and oxygen atoms in total. The summed E-state index contributed by atoms with van der Waals surface area (Å²) in [4.78, 5) is 14.5. The third-order valence-corrected chi connectivity index (χ3v) is 2.17. The van der Waals surface area contributed by atoms with Gasteiger partial charge in [-0.05, 0) is 12.1 Å². The summed E-state index contributed by atoms with van der Waals surface area (Å²) >= 11 is 5.82. The summed E-state index contributed by atoms with van der Waals surface area (Å²) in [5.41, 5.74) is 0.437. The number of rotatable bonds is 1. The monoisotopic (exact) mass is 223 g/mol. The molecule has 0 fully saturated rings. The molecule has 0 aliphatic heterocycles. The molecule has 5 heteroatoms. The first-order valence-corrected chi connectivity index (χ1v) is 4.50. The molecule has 1 heterocycles. The Morgan fingerprint density at radius 1 is 1.40 bits per heavy atom. The van der Waals surface area contributed by atoms with Crippen LogP contribution in [0.1, 0.15) is 0 Å². The lowest BCUT2D eigenvalue weighted by Crippen LogP contribution is -2.04. The van der Waals surface area contributed by atoms with Crippen molar-refractivity contribution in [2.75, 3.05) is 0 Å². The summed E-state index contributed by atoms with van der Waals surface area (Å²) in [6, 6.07) is 6.87. The van der Waals surface area contributed by atoms with Gasteiger partial charge in [-0.3, -0.25) is 4.98 Å². The van der Waals surface area contributed by atoms with E-state index in [9.17, 15) is 4.79 Å². The molecule has 2 rings (SSSR count). The number of carboxylic acid groups (broad SMARTS) is 1. The predicted molar refractivity (Wildman–Crippen MR) is 55.4 cm³/mol. The number of hydrogen-bond donors (Lipinski definition) is 1. The van der Waals surface area contributed by atoms with E-state index in [0.29, 0.717) is 5.52 Å². The number of aromatic nitrogens is 1. The van der Waals surface area contributed by atoms with Gasteiger partial charge < -0.3 is 9.84 Å². The predicted octanol–water partition coefficient (Wildman–Crippen LogP) is 2.95. The van der Waals surface area contributed by atoms with Crippen molar-refractivity contribution in [1.82, 2.24) is 4.98 Å². The van der Waals surface area contributed by atoms with Crippen LogP contribution in [0.4, 0.5) is 4.79 Å². The highest BCUT2D eigenvalue weighted by Crippen LogP contribution is 2.31. The highest BCUT2D eigenvalue weighted by Gasteiger charge is 2.11. The largest absolute Gasteiger partial charge is 0.511 e. The number of halogens is 1. The first-order chi connectivity index (χ1) is 7.18. The van der Waals surface area contributed by atoms with Gasteiger partial charge in [0.1, 0.15) is 5.52 Å². The number of carbonyl (C=O) groups is 1. The fraction of sp³-hybridized carbons (Fsp3) is 0. The van der Waals surface area contributed by atoms with Crippen molar-refractivity contribution in [3.05, 3.63) is 35.5 Å². The maximum Gasteiger partial charge on any atom is 0.511 e. The van der Waals surface area contributed by atoms with Crippen LogP contribution in [0.2, 0.25) is 5.02 Å². The molecule has 0 amide bonds. The molecule has 15 heavy (non-hydrogen) atoms. The summed E-state index contributed by atoms with van der Waals surface area (Å²) in [7, 11) is 0. The Bertz CT molecular complexity index is 527. The topological polar surface area (TPSA) is 59.4 Å². The summed E-state index contributed by atoms with van der Waals surface area (Å²) in [6.07, 6.45) is 0.142. The molecule has 76 valence electrons. The van der Waals surface area contributed by atoms with Crippen LogP contribution in [0.15, 0.2) is 30.5 Å². The summed E-state index contributed by atoms with van der Waals surface area (Å²) < 4.78 is 4.58. The molecule has 0 spiro atoms. The molecule has 2 aromatic rings. The third kappa shape index (κ3) is 1.85. The van der Waals surface area contributed by atoms with Gasteiger partial charge in [0, 0.05) is 11.6 Å². The smallest absolute Gasteiger partial charge is 0.449 e. The lowest BCUT2D eigenvalue weighted by molar-refractivity contribution is 0.145. The number of fused-ring (bicyclic) bond motifs is 1. The molecule has 1 aromatic heterocycles. The molecular formula is C10H6ClNO3. The van der Waals surface area contributed by atoms with Gasteiger partial charge in [-0.2, -0.15) is 0 Å². The van der Waals surface area contributed by atoms with Crippen molar-refractivity contribution in [3.8, 4) is 5.75 Å². The van der Waals surface area contributed by atoms with Crippen molar-refractivity contribution in [1.29, 1.82) is 0 Å². The van der Waals surface area contributed by atoms with E-state index in [1.807, 2.05) is 0 Å². The average Bonchev–Trinajstić information content (AvgIpc) is 2.22. The van der Waals surface area contributed by atoms with Crippen LogP contribution in [0.25, 0.3) is 10.9 Å². The highest BCUT2D eigenvalue weighted by atomic mass is 35.5. The van der Waals surface area contributed by atoms with Crippen LogP contribution in [-0.4, -0.2) is 16.2 Å². The zero-order valence-corrected chi connectivity index (χ0v) is 8.23. The van der Waals surface area contributed by atoms with Crippen LogP contribution in [0, 0.1) is 0 Å². The number of hydrogen-bond acceptors (Lipinski definition) is 3. The number of nitrogens with zero attached hydrogens (tertiary/aromatic N) is 1. The average molecular weight is 224 g/mol. The van der Waals surface area contributed by atoms with Crippen LogP contribution in [0.3, 0.4) is 0 Å². The molecule has 1 N–H and O–H groups in total. The van der Waals surface area contributed by atoms with Crippen LogP contribution in [0.5, 0.6) is 5.75 Å². The van der Waals surface area contributed by atoms with E-state index in [0.717, 1.165) is 5.39 Å². The molecule has 0 bridgehead atoms. The zero-order valence-electron chi connectivity index (χ0n) is 7.48. The minimum absolute atomic E-state index is 0.0715. The van der Waals surface area contributed by atoms with E-state index < -0.39 is 6.16 Å². The van der Waals surface area contributed by atoms with E-state index in [1.54, 1.807) is 30.5 Å². The quantitative estimate of drug-likeness (QED) is 0.597. The van der Waals surface area contributed by atoms with Gasteiger partial charge in [-0.25, -0.2) is 4.79 Å². The molecule has 0 saturated carbocycles. The molecule has 0 atom stereocenters. The maximum absolute atomic E-state index is 10.5. The normalized spacial score (nSPS) is 10.2. The van der Waals surface area contributed by atoms with E-state index in [4.69, 9.17) is 16.7 Å². The Balaban J connectivity index is 2.68. The lowest BCUT2D eigenvalue weighted by Gasteiger charge is -2.05. The Morgan fingerprint density at radius 2 is 2.20 bits per heavy atom. The second-order valence-corrected chi connectivity index (χ2v) is 3.23. The van der Waals surface area contributed by atoms with Crippen molar-refractivity contribution < 1.29 is 14.6 Å². The number of ether oxygens (including phenoxy) is 1. The maximum atomic E-state index is 10.5. The standard InChI is InChI=1S/C10H6ClNO3/c11-7-4-3-6-2-1-5-12-8(6)9(7)15-10(13)14/h1-5H,(H,13,14). The Labute approximate surface area is 90.1 Å². The highest BCUT2D eigenvalue weighted by molar-refractivity contribution is 6.33. The minimum Gasteiger partial charge on any atom is -0.449 e. The minimum atomic E-state index is -1.41. The van der Waals surface area contributed by atoms with Gasteiger partial charge in [-0.1, -0.05) is 23.7 Å². The van der Waals surface area contributed by atoms with Crippen molar-refractivity contribution in [2.24, 2.45) is 0 Å². The Morgan fingerprint density at radius 3 is 2.93 bits per heavy atom. The van der Waals surface area contributed by atoms with Gasteiger partial charge >= 0.3 is 6.16 Å². The van der Waals surface area contributed by atoms with Crippen LogP contribution >= 0.6 is 11.6 Å². The van der Waals surface area contributed by atoms with Gasteiger partial charge in [-0.15, -0.1) is 0 Å². The van der Waals surface area contributed by atoms with Gasteiger partial charge in [0.25, 0.3) is 0 Å². The second-order valence-electron chi connectivity index (χ2n) is 2.82. The zero-order chi connectivity index (χ0) is 10.8. The number of pyridine rings is 1. The van der Waals surface area contributed by atoms with E-state index >= 15 is 0 Å². The van der Waals surface area contributed by atoms with Gasteiger partial charge in [0.15, 0.2) is 5.75 Å². The first kappa shape index (κ1) is 9.73. The van der Waals surface area contributed by atoms with E-state index in [2.05, 4.69) is 9.72 Å². The van der Waals surface area contributed by atoms with Crippen LogP contribution < -0.4 is 4.74 Å². The van der Waals surface area contributed by atoms with Crippen LogP contribution in [-0.2, 0) is 0 Å². The fourth-order valence-electron chi connectivity index (χ4n) is 1.28. The second kappa shape index (κ2) is 3.74.